The summed E-state index contributed by atoms with van der Waals surface area (Å²) < 4.78 is 1.94. The van der Waals surface area contributed by atoms with E-state index in [9.17, 15) is 4.79 Å². The molecule has 3 aromatic rings. The van der Waals surface area contributed by atoms with Gasteiger partial charge in [-0.1, -0.05) is 18.2 Å². The lowest BCUT2D eigenvalue weighted by Gasteiger charge is -2.35. The molecule has 4 heterocycles. The Bertz CT molecular complexity index is 919. The van der Waals surface area contributed by atoms with Gasteiger partial charge in [-0.15, -0.1) is 0 Å². The molecule has 0 saturated carbocycles. The van der Waals surface area contributed by atoms with E-state index in [4.69, 9.17) is 0 Å². The first-order valence-electron chi connectivity index (χ1n) is 8.73. The zero-order chi connectivity index (χ0) is 16.8. The van der Waals surface area contributed by atoms with Crippen LogP contribution < -0.4 is 5.32 Å². The van der Waals surface area contributed by atoms with Crippen LogP contribution in [0, 0.1) is 0 Å². The molecule has 2 fully saturated rings. The number of carbonyl (C=O) groups excluding carboxylic acids is 1. The van der Waals surface area contributed by atoms with Crippen LogP contribution in [0.5, 0.6) is 0 Å². The summed E-state index contributed by atoms with van der Waals surface area (Å²) in [7, 11) is 0. The van der Waals surface area contributed by atoms with Gasteiger partial charge in [0.05, 0.1) is 5.56 Å². The highest BCUT2D eigenvalue weighted by Gasteiger charge is 2.39. The van der Waals surface area contributed by atoms with Crippen LogP contribution in [-0.4, -0.2) is 50.5 Å². The van der Waals surface area contributed by atoms with Gasteiger partial charge in [0, 0.05) is 37.1 Å². The molecule has 0 spiro atoms. The Morgan fingerprint density at radius 3 is 2.60 bits per heavy atom. The van der Waals surface area contributed by atoms with Gasteiger partial charge < -0.3 is 10.2 Å². The first kappa shape index (κ1) is 14.6. The van der Waals surface area contributed by atoms with Crippen molar-refractivity contribution in [2.24, 2.45) is 0 Å². The van der Waals surface area contributed by atoms with Crippen LogP contribution in [0.2, 0.25) is 0 Å². The van der Waals surface area contributed by atoms with E-state index < -0.39 is 0 Å². The number of nitrogens with one attached hydrogen (secondary N) is 1. The standard InChI is InChI=1S/C19H19N5O/c25-19(24-15-6-7-16(24)11-20-10-15)13-8-17-18(21-9-13)23(12-22-17)14-4-2-1-3-5-14/h1-5,8-9,12,15-16,20H,6-7,10-11H2/t15-,16+. The SMILES string of the molecule is O=C(c1cnc2c(c1)ncn2-c1ccccc1)N1[C@@H]2CC[C@H]1CNC2. The zero-order valence-corrected chi connectivity index (χ0v) is 13.8. The molecule has 1 aromatic carbocycles. The minimum absolute atomic E-state index is 0.0812. The number of fused-ring (bicyclic) bond motifs is 3. The van der Waals surface area contributed by atoms with Crippen molar-refractivity contribution in [2.75, 3.05) is 13.1 Å². The third-order valence-electron chi connectivity index (χ3n) is 5.28. The molecule has 6 heteroatoms. The molecule has 6 nitrogen and oxygen atoms in total. The second-order valence-corrected chi connectivity index (χ2v) is 6.77. The number of aromatic nitrogens is 3. The fourth-order valence-corrected chi connectivity index (χ4v) is 4.05. The first-order valence-corrected chi connectivity index (χ1v) is 8.73. The summed E-state index contributed by atoms with van der Waals surface area (Å²) in [4.78, 5) is 24.0. The lowest BCUT2D eigenvalue weighted by atomic mass is 10.1. The number of rotatable bonds is 2. The number of hydrogen-bond donors (Lipinski definition) is 1. The fourth-order valence-electron chi connectivity index (χ4n) is 4.05. The van der Waals surface area contributed by atoms with E-state index in [1.165, 1.54) is 0 Å². The van der Waals surface area contributed by atoms with Crippen molar-refractivity contribution < 1.29 is 4.79 Å². The molecule has 5 rings (SSSR count). The number of nitrogens with zero attached hydrogens (tertiary/aromatic N) is 4. The lowest BCUT2D eigenvalue weighted by Crippen LogP contribution is -2.54. The van der Waals surface area contributed by atoms with E-state index in [0.717, 1.165) is 42.8 Å². The van der Waals surface area contributed by atoms with Gasteiger partial charge in [0.1, 0.15) is 11.8 Å². The number of para-hydroxylation sites is 1. The van der Waals surface area contributed by atoms with Gasteiger partial charge in [0.2, 0.25) is 0 Å². The molecule has 0 aliphatic carbocycles. The van der Waals surface area contributed by atoms with Gasteiger partial charge in [-0.3, -0.25) is 9.36 Å². The topological polar surface area (TPSA) is 63.1 Å². The Hall–Kier alpha value is -2.73. The third-order valence-corrected chi connectivity index (χ3v) is 5.28. The number of imidazole rings is 1. The Morgan fingerprint density at radius 2 is 1.84 bits per heavy atom. The van der Waals surface area contributed by atoms with Crippen molar-refractivity contribution >= 4 is 17.1 Å². The smallest absolute Gasteiger partial charge is 0.256 e. The van der Waals surface area contributed by atoms with Crippen molar-refractivity contribution in [3.63, 3.8) is 0 Å². The largest absolute Gasteiger partial charge is 0.330 e. The molecule has 2 aliphatic rings. The molecule has 2 aromatic heterocycles. The van der Waals surface area contributed by atoms with Crippen LogP contribution >= 0.6 is 0 Å². The van der Waals surface area contributed by atoms with Crippen molar-refractivity contribution in [1.82, 2.24) is 24.8 Å². The minimum atomic E-state index is 0.0812. The molecule has 2 atom stereocenters. The third kappa shape index (κ3) is 2.33. The highest BCUT2D eigenvalue weighted by atomic mass is 16.2. The minimum Gasteiger partial charge on any atom is -0.330 e. The number of pyridine rings is 1. The molecule has 0 unspecified atom stereocenters. The molecule has 0 radical (unpaired) electrons. The van der Waals surface area contributed by atoms with Crippen LogP contribution in [0.25, 0.3) is 16.9 Å². The van der Waals surface area contributed by atoms with Crippen LogP contribution in [0.15, 0.2) is 48.9 Å². The van der Waals surface area contributed by atoms with Gasteiger partial charge in [-0.05, 0) is 31.0 Å². The second kappa shape index (κ2) is 5.67. The molecule has 1 amide bonds. The molecule has 25 heavy (non-hydrogen) atoms. The molecular formula is C19H19N5O. The van der Waals surface area contributed by atoms with Crippen LogP contribution in [0.3, 0.4) is 0 Å². The maximum Gasteiger partial charge on any atom is 0.256 e. The van der Waals surface area contributed by atoms with Gasteiger partial charge in [-0.25, -0.2) is 9.97 Å². The first-order chi connectivity index (χ1) is 12.3. The predicted octanol–water partition coefficient (Wildman–Crippen LogP) is 2.00. The molecular weight excluding hydrogens is 314 g/mol. The molecule has 126 valence electrons. The van der Waals surface area contributed by atoms with Gasteiger partial charge in [0.15, 0.2) is 5.65 Å². The Morgan fingerprint density at radius 1 is 1.08 bits per heavy atom. The summed E-state index contributed by atoms with van der Waals surface area (Å²) in [6.45, 7) is 1.78. The summed E-state index contributed by atoms with van der Waals surface area (Å²) in [6.07, 6.45) is 5.62. The number of hydrogen-bond acceptors (Lipinski definition) is 4. The molecule has 2 saturated heterocycles. The maximum atomic E-state index is 13.0. The highest BCUT2D eigenvalue weighted by Crippen LogP contribution is 2.28. The van der Waals surface area contributed by atoms with Crippen molar-refractivity contribution in [1.29, 1.82) is 0 Å². The molecule has 1 N–H and O–H groups in total. The van der Waals surface area contributed by atoms with E-state index in [1.807, 2.05) is 45.9 Å². The zero-order valence-electron chi connectivity index (χ0n) is 13.8. The monoisotopic (exact) mass is 333 g/mol. The summed E-state index contributed by atoms with van der Waals surface area (Å²) in [5, 5.41) is 3.41. The molecule has 2 bridgehead atoms. The van der Waals surface area contributed by atoms with Crippen LogP contribution in [-0.2, 0) is 0 Å². The van der Waals surface area contributed by atoms with Crippen molar-refractivity contribution in [3.05, 3.63) is 54.5 Å². The number of piperazine rings is 1. The predicted molar refractivity (Wildman–Crippen MR) is 94.7 cm³/mol. The Labute approximate surface area is 145 Å². The maximum absolute atomic E-state index is 13.0. The van der Waals surface area contributed by atoms with Crippen LogP contribution in [0.4, 0.5) is 0 Å². The fraction of sp³-hybridized carbons (Fsp3) is 0.316. The van der Waals surface area contributed by atoms with E-state index in [0.29, 0.717) is 17.6 Å². The van der Waals surface area contributed by atoms with E-state index in [-0.39, 0.29) is 5.91 Å². The van der Waals surface area contributed by atoms with Gasteiger partial charge in [0.25, 0.3) is 5.91 Å². The van der Waals surface area contributed by atoms with E-state index >= 15 is 0 Å². The van der Waals surface area contributed by atoms with E-state index in [2.05, 4.69) is 15.3 Å². The van der Waals surface area contributed by atoms with E-state index in [1.54, 1.807) is 12.5 Å². The summed E-state index contributed by atoms with van der Waals surface area (Å²) >= 11 is 0. The average molecular weight is 333 g/mol. The van der Waals surface area contributed by atoms with Crippen molar-refractivity contribution in [2.45, 2.75) is 24.9 Å². The number of benzene rings is 1. The van der Waals surface area contributed by atoms with Gasteiger partial charge in [-0.2, -0.15) is 0 Å². The average Bonchev–Trinajstić information content (AvgIpc) is 3.19. The second-order valence-electron chi connectivity index (χ2n) is 6.77. The Kier molecular flexibility index (Phi) is 3.31. The quantitative estimate of drug-likeness (QED) is 0.779. The summed E-state index contributed by atoms with van der Waals surface area (Å²) in [5.74, 6) is 0.0812. The van der Waals surface area contributed by atoms with Crippen molar-refractivity contribution in [3.8, 4) is 5.69 Å². The van der Waals surface area contributed by atoms with Crippen LogP contribution in [0.1, 0.15) is 23.2 Å². The molecule has 2 aliphatic heterocycles. The van der Waals surface area contributed by atoms with Gasteiger partial charge >= 0.3 is 0 Å². The normalized spacial score (nSPS) is 22.5. The Balaban J connectivity index is 1.50. The summed E-state index contributed by atoms with van der Waals surface area (Å²) in [5.41, 5.74) is 3.16. The number of carbonyl (C=O) groups is 1. The summed E-state index contributed by atoms with van der Waals surface area (Å²) in [6, 6.07) is 12.5. The number of amides is 1. The highest BCUT2D eigenvalue weighted by molar-refractivity contribution is 5.97. The lowest BCUT2D eigenvalue weighted by molar-refractivity contribution is 0.0619.